The van der Waals surface area contributed by atoms with Crippen LogP contribution in [-0.2, 0) is 29.3 Å². The van der Waals surface area contributed by atoms with Crippen molar-refractivity contribution in [2.75, 3.05) is 18.5 Å². The number of nitrogens with one attached hydrogen (secondary N) is 2. The number of piperidine rings is 2. The average Bonchev–Trinajstić information content (AvgIpc) is 3.44. The molecule has 6 heterocycles. The standard InChI is InChI=1S/C28H31N3O6/c1-6-36-20-27(15-8-9-16-14(17(15)29-22(27)34)10-12-24(2,3)37-16)25(4,5)18-19(32)26-11-7-13-31(26)23(35)28(18,20)30-21(26)33/h8-10,12,18,20H,6-7,11,13H2,1-5H3,(H,29,34)(H,30,33). The van der Waals surface area contributed by atoms with E-state index in [0.717, 1.165) is 5.56 Å². The number of anilines is 1. The average molecular weight is 506 g/mol. The van der Waals surface area contributed by atoms with Gasteiger partial charge >= 0.3 is 0 Å². The van der Waals surface area contributed by atoms with Crippen molar-refractivity contribution in [3.63, 3.8) is 0 Å². The number of hydrogen-bond donors (Lipinski definition) is 2. The number of rotatable bonds is 2. The minimum absolute atomic E-state index is 0.199. The van der Waals surface area contributed by atoms with Crippen LogP contribution in [0.25, 0.3) is 6.08 Å². The van der Waals surface area contributed by atoms with E-state index in [9.17, 15) is 19.2 Å². The minimum atomic E-state index is -1.66. The van der Waals surface area contributed by atoms with E-state index in [2.05, 4.69) is 10.6 Å². The molecule has 9 nitrogen and oxygen atoms in total. The summed E-state index contributed by atoms with van der Waals surface area (Å²) in [4.78, 5) is 58.1. The monoisotopic (exact) mass is 505 g/mol. The Morgan fingerprint density at radius 1 is 1.11 bits per heavy atom. The van der Waals surface area contributed by atoms with Gasteiger partial charge in [-0.3, -0.25) is 19.2 Å². The SMILES string of the molecule is CCOC1C23NC(=O)C4(CCCN4C2=O)C(=O)C3C(C)(C)C12C(=O)Nc1c2ccc2c1C=CC(C)(C)O2. The van der Waals surface area contributed by atoms with Crippen LogP contribution in [0.15, 0.2) is 18.2 Å². The van der Waals surface area contributed by atoms with Gasteiger partial charge in [-0.05, 0) is 62.8 Å². The highest BCUT2D eigenvalue weighted by atomic mass is 16.5. The third kappa shape index (κ3) is 2.13. The van der Waals surface area contributed by atoms with E-state index in [-0.39, 0.29) is 24.2 Å². The van der Waals surface area contributed by atoms with Crippen molar-refractivity contribution < 1.29 is 28.7 Å². The first kappa shape index (κ1) is 23.0. The van der Waals surface area contributed by atoms with E-state index in [1.165, 1.54) is 4.90 Å². The number of ether oxygens (including phenoxy) is 2. The zero-order valence-corrected chi connectivity index (χ0v) is 21.7. The number of hydrogen-bond acceptors (Lipinski definition) is 6. The number of benzene rings is 1. The smallest absolute Gasteiger partial charge is 0.254 e. The Morgan fingerprint density at radius 2 is 1.86 bits per heavy atom. The molecular weight excluding hydrogens is 474 g/mol. The van der Waals surface area contributed by atoms with Gasteiger partial charge in [-0.1, -0.05) is 19.9 Å². The molecule has 3 amide bonds. The second kappa shape index (κ2) is 6.43. The van der Waals surface area contributed by atoms with Gasteiger partial charge in [-0.15, -0.1) is 0 Å². The fourth-order valence-corrected chi connectivity index (χ4v) is 8.62. The van der Waals surface area contributed by atoms with E-state index in [1.54, 1.807) is 6.92 Å². The molecule has 5 fully saturated rings. The fraction of sp³-hybridized carbons (Fsp3) is 0.571. The number of piperazine rings is 1. The van der Waals surface area contributed by atoms with Gasteiger partial charge in [-0.2, -0.15) is 0 Å². The summed E-state index contributed by atoms with van der Waals surface area (Å²) in [5, 5.41) is 6.09. The molecule has 8 rings (SSSR count). The fourth-order valence-electron chi connectivity index (χ4n) is 8.62. The number of fused-ring (bicyclic) bond motifs is 5. The van der Waals surface area contributed by atoms with Crippen LogP contribution in [-0.4, -0.2) is 64.3 Å². The van der Waals surface area contributed by atoms with Crippen molar-refractivity contribution >= 4 is 35.3 Å². The molecule has 6 aliphatic heterocycles. The molecule has 37 heavy (non-hydrogen) atoms. The lowest BCUT2D eigenvalue weighted by Crippen LogP contribution is -2.87. The van der Waals surface area contributed by atoms with Crippen LogP contribution in [0.4, 0.5) is 5.69 Å². The molecule has 5 atom stereocenters. The van der Waals surface area contributed by atoms with Gasteiger partial charge in [0, 0.05) is 18.7 Å². The van der Waals surface area contributed by atoms with E-state index in [4.69, 9.17) is 9.47 Å². The third-order valence-electron chi connectivity index (χ3n) is 9.93. The van der Waals surface area contributed by atoms with Crippen molar-refractivity contribution in [3.05, 3.63) is 29.3 Å². The molecular formula is C28H31N3O6. The van der Waals surface area contributed by atoms with Crippen LogP contribution < -0.4 is 15.4 Å². The molecule has 4 saturated heterocycles. The second-order valence-corrected chi connectivity index (χ2v) is 12.3. The molecule has 0 aromatic heterocycles. The largest absolute Gasteiger partial charge is 0.483 e. The highest BCUT2D eigenvalue weighted by Crippen LogP contribution is 2.70. The van der Waals surface area contributed by atoms with Crippen LogP contribution in [0.5, 0.6) is 5.75 Å². The van der Waals surface area contributed by atoms with Gasteiger partial charge in [0.15, 0.2) is 16.9 Å². The summed E-state index contributed by atoms with van der Waals surface area (Å²) in [5.74, 6) is -1.66. The topological polar surface area (TPSA) is 114 Å². The molecule has 2 bridgehead atoms. The predicted molar refractivity (Wildman–Crippen MR) is 133 cm³/mol. The number of carbonyl (C=O) groups is 4. The Morgan fingerprint density at radius 3 is 2.59 bits per heavy atom. The zero-order valence-electron chi connectivity index (χ0n) is 21.7. The summed E-state index contributed by atoms with van der Waals surface area (Å²) in [6, 6.07) is 3.70. The van der Waals surface area contributed by atoms with Crippen molar-refractivity contribution in [2.45, 2.75) is 75.7 Å². The first-order valence-electron chi connectivity index (χ1n) is 13.1. The molecule has 1 aromatic rings. The number of amides is 3. The zero-order chi connectivity index (χ0) is 26.3. The molecule has 0 radical (unpaired) electrons. The maximum atomic E-state index is 14.4. The molecule has 3 spiro atoms. The van der Waals surface area contributed by atoms with E-state index in [0.29, 0.717) is 36.4 Å². The molecule has 194 valence electrons. The number of Topliss-reactive ketones (excluding diaryl/α,β-unsaturated/α-hetero) is 1. The highest BCUT2D eigenvalue weighted by Gasteiger charge is 2.88. The third-order valence-corrected chi connectivity index (χ3v) is 9.93. The molecule has 1 aliphatic carbocycles. The van der Waals surface area contributed by atoms with E-state index in [1.807, 2.05) is 52.0 Å². The molecule has 9 heteroatoms. The summed E-state index contributed by atoms with van der Waals surface area (Å²) < 4.78 is 12.5. The Hall–Kier alpha value is -3.20. The van der Waals surface area contributed by atoms with Crippen molar-refractivity contribution in [1.29, 1.82) is 0 Å². The Bertz CT molecular complexity index is 1380. The summed E-state index contributed by atoms with van der Waals surface area (Å²) in [6.07, 6.45) is 3.68. The molecule has 2 N–H and O–H groups in total. The second-order valence-electron chi connectivity index (χ2n) is 12.3. The van der Waals surface area contributed by atoms with Crippen LogP contribution in [0, 0.1) is 11.3 Å². The summed E-state index contributed by atoms with van der Waals surface area (Å²) in [5.41, 5.74) is -4.12. The quantitative estimate of drug-likeness (QED) is 0.594. The van der Waals surface area contributed by atoms with Crippen LogP contribution in [0.3, 0.4) is 0 Å². The first-order valence-corrected chi connectivity index (χ1v) is 13.1. The highest BCUT2D eigenvalue weighted by molar-refractivity contribution is 6.26. The number of ketones is 1. The summed E-state index contributed by atoms with van der Waals surface area (Å²) >= 11 is 0. The lowest BCUT2D eigenvalue weighted by Gasteiger charge is -2.58. The van der Waals surface area contributed by atoms with Gasteiger partial charge in [-0.25, -0.2) is 0 Å². The Kier molecular flexibility index (Phi) is 3.99. The van der Waals surface area contributed by atoms with Crippen LogP contribution in [0.2, 0.25) is 0 Å². The Labute approximate surface area is 214 Å². The maximum absolute atomic E-state index is 14.4. The lowest BCUT2D eigenvalue weighted by atomic mass is 9.57. The first-order chi connectivity index (χ1) is 17.4. The van der Waals surface area contributed by atoms with Gasteiger partial charge in [0.25, 0.3) is 11.8 Å². The predicted octanol–water partition coefficient (Wildman–Crippen LogP) is 1.93. The van der Waals surface area contributed by atoms with Gasteiger partial charge < -0.3 is 25.0 Å². The van der Waals surface area contributed by atoms with Crippen molar-refractivity contribution in [2.24, 2.45) is 11.3 Å². The number of nitrogens with zero attached hydrogens (tertiary/aromatic N) is 1. The Balaban J connectivity index is 1.52. The maximum Gasteiger partial charge on any atom is 0.254 e. The van der Waals surface area contributed by atoms with E-state index < -0.39 is 45.4 Å². The number of carbonyl (C=O) groups excluding carboxylic acids is 4. The van der Waals surface area contributed by atoms with E-state index >= 15 is 0 Å². The molecule has 7 aliphatic rings. The van der Waals surface area contributed by atoms with Gasteiger partial charge in [0.05, 0.1) is 11.6 Å². The summed E-state index contributed by atoms with van der Waals surface area (Å²) in [7, 11) is 0. The van der Waals surface area contributed by atoms with Crippen molar-refractivity contribution in [3.8, 4) is 5.75 Å². The van der Waals surface area contributed by atoms with Gasteiger partial charge in [0.1, 0.15) is 22.9 Å². The summed E-state index contributed by atoms with van der Waals surface area (Å²) in [6.45, 7) is 9.99. The van der Waals surface area contributed by atoms with Crippen LogP contribution >= 0.6 is 0 Å². The van der Waals surface area contributed by atoms with Crippen LogP contribution in [0.1, 0.15) is 58.6 Å². The minimum Gasteiger partial charge on any atom is -0.483 e. The normalized spacial score (nSPS) is 39.2. The van der Waals surface area contributed by atoms with Crippen molar-refractivity contribution in [1.82, 2.24) is 10.2 Å². The molecule has 1 aromatic carbocycles. The van der Waals surface area contributed by atoms with Gasteiger partial charge in [0.2, 0.25) is 5.91 Å². The molecule has 5 unspecified atom stereocenters. The molecule has 1 saturated carbocycles. The lowest BCUT2D eigenvalue weighted by molar-refractivity contribution is -0.186.